The van der Waals surface area contributed by atoms with Crippen molar-refractivity contribution in [3.8, 4) is 5.75 Å². The van der Waals surface area contributed by atoms with Gasteiger partial charge in [0.25, 0.3) is 0 Å². The highest BCUT2D eigenvalue weighted by Gasteiger charge is 2.33. The van der Waals surface area contributed by atoms with Crippen LogP contribution in [0.4, 0.5) is 5.69 Å². The average Bonchev–Trinajstić information content (AvgIpc) is 2.14. The first-order valence-electron chi connectivity index (χ1n) is 4.74. The van der Waals surface area contributed by atoms with E-state index in [1.54, 1.807) is 24.3 Å². The first kappa shape index (κ1) is 10.3. The monoisotopic (exact) mass is 227 g/mol. The number of rotatable bonds is 3. The number of hydrogen-bond donors (Lipinski definition) is 1. The Morgan fingerprint density at radius 1 is 1.27 bits per heavy atom. The van der Waals surface area contributed by atoms with E-state index >= 15 is 0 Å². The number of nitrogens with two attached hydrogens (primary N) is 1. The number of benzene rings is 1. The Morgan fingerprint density at radius 2 is 1.87 bits per heavy atom. The predicted octanol–water partition coefficient (Wildman–Crippen LogP) is 0.692. The highest BCUT2D eigenvalue weighted by atomic mass is 32.2. The molecule has 5 heteroatoms. The third-order valence-corrected chi connectivity index (χ3v) is 4.30. The second-order valence-corrected chi connectivity index (χ2v) is 5.98. The quantitative estimate of drug-likeness (QED) is 0.771. The maximum atomic E-state index is 10.9. The summed E-state index contributed by atoms with van der Waals surface area (Å²) in [5.74, 6) is 1.38. The van der Waals surface area contributed by atoms with Gasteiger partial charge in [-0.1, -0.05) is 0 Å². The van der Waals surface area contributed by atoms with Crippen LogP contribution in [-0.4, -0.2) is 26.5 Å². The molecule has 1 saturated heterocycles. The first-order valence-corrected chi connectivity index (χ1v) is 6.56. The smallest absolute Gasteiger partial charge is 0.151 e. The fourth-order valence-corrected chi connectivity index (χ4v) is 3.08. The molecule has 0 atom stereocenters. The fourth-order valence-electron chi connectivity index (χ4n) is 1.54. The number of sulfone groups is 1. The van der Waals surface area contributed by atoms with E-state index in [-0.39, 0.29) is 17.4 Å². The Hall–Kier alpha value is -1.23. The lowest BCUT2D eigenvalue weighted by Gasteiger charge is -2.25. The van der Waals surface area contributed by atoms with E-state index in [2.05, 4.69) is 0 Å². The molecule has 1 aliphatic rings. The van der Waals surface area contributed by atoms with Gasteiger partial charge in [0.15, 0.2) is 9.84 Å². The molecule has 0 amide bonds. The highest BCUT2D eigenvalue weighted by molar-refractivity contribution is 7.92. The van der Waals surface area contributed by atoms with E-state index in [1.165, 1.54) is 0 Å². The molecule has 0 spiro atoms. The fraction of sp³-hybridized carbons (Fsp3) is 0.400. The Kier molecular flexibility index (Phi) is 2.56. The molecule has 1 fully saturated rings. The molecule has 0 aliphatic carbocycles. The highest BCUT2D eigenvalue weighted by Crippen LogP contribution is 2.20. The van der Waals surface area contributed by atoms with Crippen LogP contribution in [0.5, 0.6) is 5.75 Å². The van der Waals surface area contributed by atoms with Crippen molar-refractivity contribution in [2.24, 2.45) is 5.92 Å². The summed E-state index contributed by atoms with van der Waals surface area (Å²) in [6.07, 6.45) is 0. The van der Waals surface area contributed by atoms with Crippen molar-refractivity contribution in [3.63, 3.8) is 0 Å². The maximum absolute atomic E-state index is 10.9. The van der Waals surface area contributed by atoms with Crippen LogP contribution >= 0.6 is 0 Å². The van der Waals surface area contributed by atoms with Gasteiger partial charge in [0.1, 0.15) is 5.75 Å². The standard InChI is InChI=1S/C10H13NO3S/c11-9-1-3-10(4-2-9)14-5-8-6-15(12,13)7-8/h1-4,8H,5-7,11H2. The minimum absolute atomic E-state index is 0.146. The van der Waals surface area contributed by atoms with E-state index in [1.807, 2.05) is 0 Å². The molecule has 1 aliphatic heterocycles. The number of nitrogen functional groups attached to an aromatic ring is 1. The van der Waals surface area contributed by atoms with Gasteiger partial charge in [0.05, 0.1) is 18.1 Å². The summed E-state index contributed by atoms with van der Waals surface area (Å²) in [4.78, 5) is 0. The Balaban J connectivity index is 1.82. The average molecular weight is 227 g/mol. The van der Waals surface area contributed by atoms with Crippen molar-refractivity contribution in [1.29, 1.82) is 0 Å². The third-order valence-electron chi connectivity index (χ3n) is 2.35. The lowest BCUT2D eigenvalue weighted by Crippen LogP contribution is -2.39. The van der Waals surface area contributed by atoms with Gasteiger partial charge in [-0.05, 0) is 24.3 Å². The Labute approximate surface area is 89.0 Å². The summed E-state index contributed by atoms with van der Waals surface area (Å²) in [6, 6.07) is 7.07. The molecule has 15 heavy (non-hydrogen) atoms. The zero-order valence-corrected chi connectivity index (χ0v) is 9.03. The second-order valence-electron chi connectivity index (χ2n) is 3.82. The topological polar surface area (TPSA) is 69.4 Å². The molecule has 1 aromatic rings. The summed E-state index contributed by atoms with van der Waals surface area (Å²) in [5.41, 5.74) is 6.21. The SMILES string of the molecule is Nc1ccc(OCC2CS(=O)(=O)C2)cc1. The minimum Gasteiger partial charge on any atom is -0.493 e. The van der Waals surface area contributed by atoms with Crippen molar-refractivity contribution in [1.82, 2.24) is 0 Å². The molecule has 1 aromatic carbocycles. The van der Waals surface area contributed by atoms with E-state index in [4.69, 9.17) is 10.5 Å². The largest absolute Gasteiger partial charge is 0.493 e. The minimum atomic E-state index is -2.74. The third kappa shape index (κ3) is 2.62. The van der Waals surface area contributed by atoms with Crippen LogP contribution in [0.15, 0.2) is 24.3 Å². The van der Waals surface area contributed by atoms with Crippen molar-refractivity contribution in [2.75, 3.05) is 23.8 Å². The molecule has 0 bridgehead atoms. The van der Waals surface area contributed by atoms with Gasteiger partial charge in [0, 0.05) is 11.6 Å². The number of anilines is 1. The van der Waals surface area contributed by atoms with Gasteiger partial charge in [-0.15, -0.1) is 0 Å². The van der Waals surface area contributed by atoms with Gasteiger partial charge < -0.3 is 10.5 Å². The van der Waals surface area contributed by atoms with Crippen LogP contribution in [0.3, 0.4) is 0 Å². The summed E-state index contributed by atoms with van der Waals surface area (Å²) in [7, 11) is -2.74. The van der Waals surface area contributed by atoms with Crippen LogP contribution in [0, 0.1) is 5.92 Å². The summed E-state index contributed by atoms with van der Waals surface area (Å²) in [6.45, 7) is 0.461. The molecular formula is C10H13NO3S. The van der Waals surface area contributed by atoms with Gasteiger partial charge in [-0.2, -0.15) is 0 Å². The van der Waals surface area contributed by atoms with Crippen molar-refractivity contribution in [2.45, 2.75) is 0 Å². The van der Waals surface area contributed by atoms with E-state index < -0.39 is 9.84 Å². The normalized spacial score (nSPS) is 19.5. The van der Waals surface area contributed by atoms with Crippen molar-refractivity contribution < 1.29 is 13.2 Å². The summed E-state index contributed by atoms with van der Waals surface area (Å²) < 4.78 is 27.2. The van der Waals surface area contributed by atoms with E-state index in [0.29, 0.717) is 12.3 Å². The molecule has 2 rings (SSSR count). The number of hydrogen-bond acceptors (Lipinski definition) is 4. The molecule has 0 radical (unpaired) electrons. The van der Waals surface area contributed by atoms with Gasteiger partial charge in [-0.3, -0.25) is 0 Å². The number of ether oxygens (including phenoxy) is 1. The van der Waals surface area contributed by atoms with Gasteiger partial charge >= 0.3 is 0 Å². The van der Waals surface area contributed by atoms with Crippen LogP contribution in [-0.2, 0) is 9.84 Å². The molecule has 0 saturated carbocycles. The Morgan fingerprint density at radius 3 is 2.40 bits per heavy atom. The van der Waals surface area contributed by atoms with Crippen LogP contribution in [0.2, 0.25) is 0 Å². The summed E-state index contributed by atoms with van der Waals surface area (Å²) >= 11 is 0. The van der Waals surface area contributed by atoms with Crippen LogP contribution in [0.1, 0.15) is 0 Å². The zero-order chi connectivity index (χ0) is 10.9. The summed E-state index contributed by atoms with van der Waals surface area (Å²) in [5, 5.41) is 0. The van der Waals surface area contributed by atoms with E-state index in [9.17, 15) is 8.42 Å². The van der Waals surface area contributed by atoms with Crippen LogP contribution < -0.4 is 10.5 Å². The lowest BCUT2D eigenvalue weighted by atomic mass is 10.2. The van der Waals surface area contributed by atoms with Crippen LogP contribution in [0.25, 0.3) is 0 Å². The molecule has 0 aromatic heterocycles. The molecule has 4 nitrogen and oxygen atoms in total. The lowest BCUT2D eigenvalue weighted by molar-refractivity contribution is 0.263. The molecule has 82 valence electrons. The Bertz CT molecular complexity index is 426. The molecule has 0 unspecified atom stereocenters. The van der Waals surface area contributed by atoms with E-state index in [0.717, 1.165) is 5.75 Å². The maximum Gasteiger partial charge on any atom is 0.151 e. The first-order chi connectivity index (χ1) is 7.05. The van der Waals surface area contributed by atoms with Gasteiger partial charge in [0.2, 0.25) is 0 Å². The van der Waals surface area contributed by atoms with Crippen molar-refractivity contribution >= 4 is 15.5 Å². The molecule has 1 heterocycles. The molecular weight excluding hydrogens is 214 g/mol. The molecule has 2 N–H and O–H groups in total. The van der Waals surface area contributed by atoms with Crippen molar-refractivity contribution in [3.05, 3.63) is 24.3 Å². The predicted molar refractivity (Wildman–Crippen MR) is 58.5 cm³/mol. The second kappa shape index (κ2) is 3.73. The zero-order valence-electron chi connectivity index (χ0n) is 8.22. The van der Waals surface area contributed by atoms with Gasteiger partial charge in [-0.25, -0.2) is 8.42 Å².